The van der Waals surface area contributed by atoms with Crippen LogP contribution < -0.4 is 9.47 Å². The van der Waals surface area contributed by atoms with Gasteiger partial charge in [-0.1, -0.05) is 0 Å². The molecule has 0 fully saturated rings. The van der Waals surface area contributed by atoms with E-state index in [0.717, 1.165) is 17.1 Å². The van der Waals surface area contributed by atoms with Crippen molar-refractivity contribution in [1.29, 1.82) is 0 Å². The molecule has 0 atom stereocenters. The lowest BCUT2D eigenvalue weighted by Gasteiger charge is -2.08. The molecular formula is C12H11O2S. The predicted molar refractivity (Wildman–Crippen MR) is 61.7 cm³/mol. The Kier molecular flexibility index (Phi) is 2.92. The Bertz CT molecular complexity index is 435. The fraction of sp³-hybridized carbons (Fsp3) is 0.167. The molecule has 1 aromatic carbocycles. The van der Waals surface area contributed by atoms with Gasteiger partial charge in [-0.05, 0) is 35.9 Å². The Hall–Kier alpha value is -1.48. The zero-order valence-electron chi connectivity index (χ0n) is 8.61. The number of methoxy groups -OCH3 is 2. The second kappa shape index (κ2) is 4.36. The molecule has 2 rings (SSSR count). The van der Waals surface area contributed by atoms with Crippen LogP contribution in [0.4, 0.5) is 0 Å². The molecule has 2 nitrogen and oxygen atoms in total. The fourth-order valence-electron chi connectivity index (χ4n) is 1.39. The van der Waals surface area contributed by atoms with Crippen molar-refractivity contribution in [3.63, 3.8) is 0 Å². The third-order valence-electron chi connectivity index (χ3n) is 2.14. The van der Waals surface area contributed by atoms with Gasteiger partial charge in [-0.15, -0.1) is 11.3 Å². The molecular weight excluding hydrogens is 208 g/mol. The zero-order chi connectivity index (χ0) is 10.7. The maximum absolute atomic E-state index is 5.24. The molecule has 77 valence electrons. The van der Waals surface area contributed by atoms with E-state index in [-0.39, 0.29) is 0 Å². The summed E-state index contributed by atoms with van der Waals surface area (Å²) in [5, 5.41) is 3.06. The van der Waals surface area contributed by atoms with Gasteiger partial charge >= 0.3 is 0 Å². The van der Waals surface area contributed by atoms with Crippen molar-refractivity contribution in [2.24, 2.45) is 0 Å². The van der Waals surface area contributed by atoms with Crippen LogP contribution in [0.1, 0.15) is 0 Å². The lowest BCUT2D eigenvalue weighted by Crippen LogP contribution is -1.90. The predicted octanol–water partition coefficient (Wildman–Crippen LogP) is 3.23. The van der Waals surface area contributed by atoms with Gasteiger partial charge in [0, 0.05) is 10.3 Å². The van der Waals surface area contributed by atoms with Crippen molar-refractivity contribution in [2.75, 3.05) is 14.2 Å². The van der Waals surface area contributed by atoms with Gasteiger partial charge in [-0.3, -0.25) is 0 Å². The molecule has 3 heteroatoms. The van der Waals surface area contributed by atoms with E-state index in [4.69, 9.17) is 9.47 Å². The van der Waals surface area contributed by atoms with Crippen molar-refractivity contribution in [3.8, 4) is 21.9 Å². The molecule has 0 saturated heterocycles. The summed E-state index contributed by atoms with van der Waals surface area (Å²) in [6.07, 6.45) is 0. The highest BCUT2D eigenvalue weighted by atomic mass is 32.1. The van der Waals surface area contributed by atoms with E-state index in [0.29, 0.717) is 0 Å². The number of rotatable bonds is 3. The minimum Gasteiger partial charge on any atom is -0.493 e. The molecule has 0 amide bonds. The van der Waals surface area contributed by atoms with E-state index in [1.807, 2.05) is 30.3 Å². The van der Waals surface area contributed by atoms with Crippen LogP contribution in [-0.2, 0) is 0 Å². The molecule has 0 aliphatic heterocycles. The van der Waals surface area contributed by atoms with E-state index < -0.39 is 0 Å². The van der Waals surface area contributed by atoms with Crippen molar-refractivity contribution < 1.29 is 9.47 Å². The summed E-state index contributed by atoms with van der Waals surface area (Å²) < 4.78 is 10.4. The first-order valence-electron chi connectivity index (χ1n) is 4.53. The van der Waals surface area contributed by atoms with Crippen LogP contribution in [0, 0.1) is 5.38 Å². The van der Waals surface area contributed by atoms with Crippen molar-refractivity contribution in [2.45, 2.75) is 0 Å². The van der Waals surface area contributed by atoms with Gasteiger partial charge in [-0.25, -0.2) is 0 Å². The van der Waals surface area contributed by atoms with Crippen molar-refractivity contribution in [3.05, 3.63) is 35.7 Å². The fourth-order valence-corrected chi connectivity index (χ4v) is 2.03. The first-order valence-corrected chi connectivity index (χ1v) is 5.35. The van der Waals surface area contributed by atoms with E-state index in [1.54, 1.807) is 25.6 Å². The summed E-state index contributed by atoms with van der Waals surface area (Å²) >= 11 is 1.59. The normalized spacial score (nSPS) is 10.0. The maximum Gasteiger partial charge on any atom is 0.161 e. The molecule has 0 saturated carbocycles. The molecule has 0 N–H and O–H groups in total. The summed E-state index contributed by atoms with van der Waals surface area (Å²) in [5.74, 6) is 1.50. The van der Waals surface area contributed by atoms with Gasteiger partial charge in [0.1, 0.15) is 0 Å². The number of benzene rings is 1. The van der Waals surface area contributed by atoms with Gasteiger partial charge in [0.2, 0.25) is 0 Å². The lowest BCUT2D eigenvalue weighted by atomic mass is 10.1. The van der Waals surface area contributed by atoms with Gasteiger partial charge in [0.05, 0.1) is 14.2 Å². The second-order valence-corrected chi connectivity index (χ2v) is 3.87. The number of hydrogen-bond donors (Lipinski definition) is 0. The van der Waals surface area contributed by atoms with Crippen LogP contribution in [0.25, 0.3) is 10.4 Å². The molecule has 15 heavy (non-hydrogen) atoms. The molecule has 0 bridgehead atoms. The highest BCUT2D eigenvalue weighted by molar-refractivity contribution is 7.13. The Morgan fingerprint density at radius 2 is 1.87 bits per heavy atom. The summed E-state index contributed by atoms with van der Waals surface area (Å²) in [4.78, 5) is 1.18. The number of ether oxygens (including phenoxy) is 2. The highest BCUT2D eigenvalue weighted by Crippen LogP contribution is 2.33. The maximum atomic E-state index is 5.24. The summed E-state index contributed by atoms with van der Waals surface area (Å²) in [6, 6.07) is 9.84. The number of hydrogen-bond acceptors (Lipinski definition) is 3. The monoisotopic (exact) mass is 219 g/mol. The van der Waals surface area contributed by atoms with Crippen LogP contribution in [0.2, 0.25) is 0 Å². The first kappa shape index (κ1) is 10.1. The molecule has 1 heterocycles. The van der Waals surface area contributed by atoms with Crippen molar-refractivity contribution in [1.82, 2.24) is 0 Å². The SMILES string of the molecule is COc1ccc(-c2cc[c]s2)cc1OC. The Labute approximate surface area is 93.1 Å². The Morgan fingerprint density at radius 3 is 2.47 bits per heavy atom. The van der Waals surface area contributed by atoms with Crippen LogP contribution in [0.15, 0.2) is 30.3 Å². The van der Waals surface area contributed by atoms with Gasteiger partial charge in [0.15, 0.2) is 11.5 Å². The summed E-state index contributed by atoms with van der Waals surface area (Å²) in [6.45, 7) is 0. The van der Waals surface area contributed by atoms with E-state index in [1.165, 1.54) is 4.88 Å². The average Bonchev–Trinajstić information content (AvgIpc) is 2.81. The van der Waals surface area contributed by atoms with Gasteiger partial charge in [-0.2, -0.15) is 0 Å². The topological polar surface area (TPSA) is 18.5 Å². The molecule has 1 aromatic heterocycles. The van der Waals surface area contributed by atoms with Crippen LogP contribution >= 0.6 is 11.3 Å². The van der Waals surface area contributed by atoms with Crippen LogP contribution in [0.3, 0.4) is 0 Å². The Morgan fingerprint density at radius 1 is 1.07 bits per heavy atom. The van der Waals surface area contributed by atoms with E-state index in [2.05, 4.69) is 5.38 Å². The largest absolute Gasteiger partial charge is 0.493 e. The molecule has 0 aliphatic rings. The molecule has 1 radical (unpaired) electrons. The average molecular weight is 219 g/mol. The van der Waals surface area contributed by atoms with E-state index in [9.17, 15) is 0 Å². The molecule has 2 aromatic rings. The highest BCUT2D eigenvalue weighted by Gasteiger charge is 2.06. The van der Waals surface area contributed by atoms with E-state index >= 15 is 0 Å². The standard InChI is InChI=1S/C12H11O2S/c1-13-10-6-5-9(8-11(10)14-2)12-4-3-7-15-12/h3-6,8H,1-2H3. The van der Waals surface area contributed by atoms with Crippen LogP contribution in [-0.4, -0.2) is 14.2 Å². The summed E-state index contributed by atoms with van der Waals surface area (Å²) in [7, 11) is 3.28. The second-order valence-electron chi connectivity index (χ2n) is 2.99. The molecule has 0 spiro atoms. The Balaban J connectivity index is 2.43. The third kappa shape index (κ3) is 1.97. The van der Waals surface area contributed by atoms with Crippen LogP contribution in [0.5, 0.6) is 11.5 Å². The lowest BCUT2D eigenvalue weighted by molar-refractivity contribution is 0.355. The third-order valence-corrected chi connectivity index (χ3v) is 2.99. The van der Waals surface area contributed by atoms with Gasteiger partial charge < -0.3 is 9.47 Å². The minimum absolute atomic E-state index is 0.752. The smallest absolute Gasteiger partial charge is 0.161 e. The zero-order valence-corrected chi connectivity index (χ0v) is 9.43. The summed E-state index contributed by atoms with van der Waals surface area (Å²) in [5.41, 5.74) is 1.12. The first-order chi connectivity index (χ1) is 7.35. The van der Waals surface area contributed by atoms with Gasteiger partial charge in [0.25, 0.3) is 0 Å². The number of thiophene rings is 1. The van der Waals surface area contributed by atoms with Crippen molar-refractivity contribution >= 4 is 11.3 Å². The minimum atomic E-state index is 0.752. The molecule has 0 unspecified atom stereocenters. The quantitative estimate of drug-likeness (QED) is 0.789. The molecule has 0 aliphatic carbocycles.